The van der Waals surface area contributed by atoms with Gasteiger partial charge in [0.25, 0.3) is 0 Å². The number of nitrogens with one attached hydrogen (secondary N) is 1. The third-order valence-corrected chi connectivity index (χ3v) is 2.76. The molecule has 1 rings (SSSR count). The number of carbonyl (C=O) groups excluding carboxylic acids is 1. The standard InChI is InChI=1S/C14H22N2O.ClH/c1-12(10-15)11-16-14(17)9-5-8-13-6-3-2-4-7-13;/h2-4,6-7,12H,5,8-11,15H2,1H3,(H,16,17);1H. The van der Waals surface area contributed by atoms with Crippen LogP contribution in [-0.2, 0) is 11.2 Å². The molecule has 0 fully saturated rings. The molecule has 0 saturated carbocycles. The quantitative estimate of drug-likeness (QED) is 0.798. The molecule has 0 spiro atoms. The van der Waals surface area contributed by atoms with Crippen molar-refractivity contribution in [2.45, 2.75) is 26.2 Å². The van der Waals surface area contributed by atoms with Gasteiger partial charge in [0.2, 0.25) is 5.91 Å². The van der Waals surface area contributed by atoms with Crippen LogP contribution < -0.4 is 11.1 Å². The van der Waals surface area contributed by atoms with Crippen LogP contribution in [0.4, 0.5) is 0 Å². The molecule has 0 saturated heterocycles. The second-order valence-corrected chi connectivity index (χ2v) is 4.48. The minimum atomic E-state index is 0. The molecule has 0 aliphatic carbocycles. The highest BCUT2D eigenvalue weighted by Crippen LogP contribution is 2.04. The van der Waals surface area contributed by atoms with Crippen molar-refractivity contribution >= 4 is 18.3 Å². The summed E-state index contributed by atoms with van der Waals surface area (Å²) in [6, 6.07) is 10.2. The lowest BCUT2D eigenvalue weighted by Crippen LogP contribution is -2.31. The molecule has 0 aliphatic rings. The number of hydrogen-bond acceptors (Lipinski definition) is 2. The Morgan fingerprint density at radius 3 is 2.61 bits per heavy atom. The first-order chi connectivity index (χ1) is 8.22. The molecular weight excluding hydrogens is 248 g/mol. The van der Waals surface area contributed by atoms with Crippen LogP contribution >= 0.6 is 12.4 Å². The number of benzene rings is 1. The average Bonchev–Trinajstić information content (AvgIpc) is 2.37. The molecule has 0 radical (unpaired) electrons. The number of carbonyl (C=O) groups is 1. The fraction of sp³-hybridized carbons (Fsp3) is 0.500. The first-order valence-corrected chi connectivity index (χ1v) is 6.23. The van der Waals surface area contributed by atoms with E-state index in [1.54, 1.807) is 0 Å². The van der Waals surface area contributed by atoms with E-state index in [2.05, 4.69) is 17.4 Å². The normalized spacial score (nSPS) is 11.4. The molecule has 1 amide bonds. The van der Waals surface area contributed by atoms with Crippen LogP contribution in [0.2, 0.25) is 0 Å². The molecule has 0 bridgehead atoms. The number of nitrogens with two attached hydrogens (primary N) is 1. The van der Waals surface area contributed by atoms with E-state index in [0.717, 1.165) is 12.8 Å². The predicted molar refractivity (Wildman–Crippen MR) is 77.9 cm³/mol. The zero-order chi connectivity index (χ0) is 12.5. The van der Waals surface area contributed by atoms with Gasteiger partial charge in [-0.05, 0) is 30.9 Å². The third kappa shape index (κ3) is 7.30. The fourth-order valence-electron chi connectivity index (χ4n) is 1.56. The van der Waals surface area contributed by atoms with Crippen LogP contribution in [0.5, 0.6) is 0 Å². The maximum absolute atomic E-state index is 11.5. The Bertz CT molecular complexity index is 330. The lowest BCUT2D eigenvalue weighted by molar-refractivity contribution is -0.121. The molecule has 1 aromatic carbocycles. The highest BCUT2D eigenvalue weighted by Gasteiger charge is 2.03. The zero-order valence-corrected chi connectivity index (χ0v) is 11.7. The maximum Gasteiger partial charge on any atom is 0.220 e. The average molecular weight is 271 g/mol. The minimum absolute atomic E-state index is 0. The van der Waals surface area contributed by atoms with E-state index in [1.165, 1.54) is 5.56 Å². The molecule has 1 unspecified atom stereocenters. The van der Waals surface area contributed by atoms with Gasteiger partial charge in [0, 0.05) is 13.0 Å². The van der Waals surface area contributed by atoms with Crippen molar-refractivity contribution in [1.29, 1.82) is 0 Å². The van der Waals surface area contributed by atoms with Crippen LogP contribution in [0.25, 0.3) is 0 Å². The lowest BCUT2D eigenvalue weighted by Gasteiger charge is -2.09. The van der Waals surface area contributed by atoms with Crippen LogP contribution in [0.15, 0.2) is 30.3 Å². The Kier molecular flexibility index (Phi) is 9.33. The van der Waals surface area contributed by atoms with Crippen molar-refractivity contribution in [3.63, 3.8) is 0 Å². The van der Waals surface area contributed by atoms with Gasteiger partial charge in [-0.3, -0.25) is 4.79 Å². The summed E-state index contributed by atoms with van der Waals surface area (Å²) >= 11 is 0. The highest BCUT2D eigenvalue weighted by molar-refractivity contribution is 5.85. The summed E-state index contributed by atoms with van der Waals surface area (Å²) in [5.41, 5.74) is 6.77. The fourth-order valence-corrected chi connectivity index (χ4v) is 1.56. The Morgan fingerprint density at radius 1 is 1.33 bits per heavy atom. The molecule has 4 heteroatoms. The minimum Gasteiger partial charge on any atom is -0.356 e. The first-order valence-electron chi connectivity index (χ1n) is 6.23. The Labute approximate surface area is 116 Å². The summed E-state index contributed by atoms with van der Waals surface area (Å²) in [4.78, 5) is 11.5. The van der Waals surface area contributed by atoms with Crippen molar-refractivity contribution in [1.82, 2.24) is 5.32 Å². The second-order valence-electron chi connectivity index (χ2n) is 4.48. The summed E-state index contributed by atoms with van der Waals surface area (Å²) in [5, 5.41) is 2.90. The van der Waals surface area contributed by atoms with Gasteiger partial charge >= 0.3 is 0 Å². The third-order valence-electron chi connectivity index (χ3n) is 2.76. The number of rotatable bonds is 7. The topological polar surface area (TPSA) is 55.1 Å². The number of halogens is 1. The molecule has 1 atom stereocenters. The summed E-state index contributed by atoms with van der Waals surface area (Å²) in [5.74, 6) is 0.481. The Hall–Kier alpha value is -1.06. The highest BCUT2D eigenvalue weighted by atomic mass is 35.5. The van der Waals surface area contributed by atoms with E-state index in [9.17, 15) is 4.79 Å². The Balaban J connectivity index is 0.00000289. The number of aryl methyl sites for hydroxylation is 1. The summed E-state index contributed by atoms with van der Waals surface area (Å²) in [7, 11) is 0. The SMILES string of the molecule is CC(CN)CNC(=O)CCCc1ccccc1.Cl. The van der Waals surface area contributed by atoms with Crippen LogP contribution in [-0.4, -0.2) is 19.0 Å². The smallest absolute Gasteiger partial charge is 0.220 e. The molecular formula is C14H23ClN2O. The molecule has 0 heterocycles. The summed E-state index contributed by atoms with van der Waals surface area (Å²) in [6.45, 7) is 3.33. The lowest BCUT2D eigenvalue weighted by atomic mass is 10.1. The summed E-state index contributed by atoms with van der Waals surface area (Å²) < 4.78 is 0. The van der Waals surface area contributed by atoms with Crippen molar-refractivity contribution in [2.24, 2.45) is 11.7 Å². The van der Waals surface area contributed by atoms with Crippen LogP contribution in [0, 0.1) is 5.92 Å². The van der Waals surface area contributed by atoms with Gasteiger partial charge in [-0.2, -0.15) is 0 Å². The molecule has 3 N–H and O–H groups in total. The van der Waals surface area contributed by atoms with Crippen molar-refractivity contribution in [3.05, 3.63) is 35.9 Å². The van der Waals surface area contributed by atoms with Gasteiger partial charge in [-0.1, -0.05) is 37.3 Å². The van der Waals surface area contributed by atoms with E-state index in [1.807, 2.05) is 25.1 Å². The zero-order valence-electron chi connectivity index (χ0n) is 10.9. The predicted octanol–water partition coefficient (Wildman–Crippen LogP) is 2.14. The molecule has 18 heavy (non-hydrogen) atoms. The van der Waals surface area contributed by atoms with E-state index in [4.69, 9.17) is 5.73 Å². The van der Waals surface area contributed by atoms with E-state index < -0.39 is 0 Å². The van der Waals surface area contributed by atoms with E-state index in [0.29, 0.717) is 25.4 Å². The van der Waals surface area contributed by atoms with Gasteiger partial charge in [-0.25, -0.2) is 0 Å². The maximum atomic E-state index is 11.5. The van der Waals surface area contributed by atoms with Crippen LogP contribution in [0.1, 0.15) is 25.3 Å². The molecule has 3 nitrogen and oxygen atoms in total. The van der Waals surface area contributed by atoms with Gasteiger partial charge in [0.1, 0.15) is 0 Å². The van der Waals surface area contributed by atoms with Crippen molar-refractivity contribution in [2.75, 3.05) is 13.1 Å². The second kappa shape index (κ2) is 9.92. The largest absolute Gasteiger partial charge is 0.356 e. The van der Waals surface area contributed by atoms with Crippen LogP contribution in [0.3, 0.4) is 0 Å². The van der Waals surface area contributed by atoms with Gasteiger partial charge in [0.15, 0.2) is 0 Å². The van der Waals surface area contributed by atoms with Gasteiger partial charge in [-0.15, -0.1) is 12.4 Å². The molecule has 0 aliphatic heterocycles. The molecule has 0 aromatic heterocycles. The number of hydrogen-bond donors (Lipinski definition) is 2. The van der Waals surface area contributed by atoms with E-state index in [-0.39, 0.29) is 18.3 Å². The monoisotopic (exact) mass is 270 g/mol. The van der Waals surface area contributed by atoms with Gasteiger partial charge < -0.3 is 11.1 Å². The first kappa shape index (κ1) is 16.9. The van der Waals surface area contributed by atoms with Crippen molar-refractivity contribution in [3.8, 4) is 0 Å². The van der Waals surface area contributed by atoms with E-state index >= 15 is 0 Å². The summed E-state index contributed by atoms with van der Waals surface area (Å²) in [6.07, 6.45) is 2.44. The molecule has 102 valence electrons. The number of amides is 1. The van der Waals surface area contributed by atoms with Crippen molar-refractivity contribution < 1.29 is 4.79 Å². The Morgan fingerprint density at radius 2 is 2.00 bits per heavy atom. The molecule has 1 aromatic rings. The van der Waals surface area contributed by atoms with Gasteiger partial charge in [0.05, 0.1) is 0 Å².